The topological polar surface area (TPSA) is 12.0 Å². The Morgan fingerprint density at radius 3 is 2.15 bits per heavy atom. The Labute approximate surface area is 126 Å². The fourth-order valence-electron chi connectivity index (χ4n) is 2.40. The molecule has 2 aromatic carbocycles. The molecule has 106 valence electrons. The molecule has 1 N–H and O–H groups in total. The van der Waals surface area contributed by atoms with E-state index < -0.39 is 0 Å². The van der Waals surface area contributed by atoms with E-state index in [-0.39, 0.29) is 0 Å². The molecule has 0 saturated carbocycles. The molecule has 0 fully saturated rings. The highest BCUT2D eigenvalue weighted by Gasteiger charge is 2.11. The second-order valence-corrected chi connectivity index (χ2v) is 6.18. The number of nitrogens with one attached hydrogen (secondary N) is 1. The highest BCUT2D eigenvalue weighted by molar-refractivity contribution is 7.98. The van der Waals surface area contributed by atoms with E-state index in [0.29, 0.717) is 12.1 Å². The van der Waals surface area contributed by atoms with Crippen molar-refractivity contribution in [1.29, 1.82) is 0 Å². The van der Waals surface area contributed by atoms with E-state index in [1.165, 1.54) is 21.6 Å². The quantitative estimate of drug-likeness (QED) is 0.764. The molecule has 2 atom stereocenters. The predicted octanol–water partition coefficient (Wildman–Crippen LogP) is 5.13. The predicted molar refractivity (Wildman–Crippen MR) is 89.4 cm³/mol. The summed E-state index contributed by atoms with van der Waals surface area (Å²) in [5.74, 6) is 0. The second kappa shape index (κ2) is 6.96. The largest absolute Gasteiger partial charge is 0.304 e. The van der Waals surface area contributed by atoms with Crippen molar-refractivity contribution < 1.29 is 0 Å². The highest BCUT2D eigenvalue weighted by atomic mass is 32.2. The van der Waals surface area contributed by atoms with E-state index in [4.69, 9.17) is 0 Å². The molecule has 0 aromatic heterocycles. The van der Waals surface area contributed by atoms with Crippen LogP contribution >= 0.6 is 11.8 Å². The summed E-state index contributed by atoms with van der Waals surface area (Å²) in [5.41, 5.74) is 3.99. The maximum absolute atomic E-state index is 3.67. The summed E-state index contributed by atoms with van der Waals surface area (Å²) in [5, 5.41) is 3.67. The Hall–Kier alpha value is -1.25. The van der Waals surface area contributed by atoms with Crippen molar-refractivity contribution in [1.82, 2.24) is 5.32 Å². The van der Waals surface area contributed by atoms with Crippen LogP contribution in [0, 0.1) is 6.92 Å². The summed E-state index contributed by atoms with van der Waals surface area (Å²) in [6, 6.07) is 18.2. The molecule has 1 nitrogen and oxygen atoms in total. The van der Waals surface area contributed by atoms with Crippen LogP contribution in [-0.2, 0) is 0 Å². The van der Waals surface area contributed by atoms with E-state index in [0.717, 1.165) is 0 Å². The highest BCUT2D eigenvalue weighted by Crippen LogP contribution is 2.22. The first kappa shape index (κ1) is 15.1. The SMILES string of the molecule is CSc1ccc(C(C)N[C@H](C)c2cccc(C)c2)cc1. The molecular formula is C18H23NS. The van der Waals surface area contributed by atoms with Gasteiger partial charge in [0.2, 0.25) is 0 Å². The molecule has 0 aliphatic carbocycles. The number of aryl methyl sites for hydroxylation is 1. The van der Waals surface area contributed by atoms with Crippen molar-refractivity contribution in [3.8, 4) is 0 Å². The van der Waals surface area contributed by atoms with Gasteiger partial charge in [0, 0.05) is 17.0 Å². The molecule has 0 saturated heterocycles. The second-order valence-electron chi connectivity index (χ2n) is 5.30. The summed E-state index contributed by atoms with van der Waals surface area (Å²) < 4.78 is 0. The molecule has 0 aliphatic heterocycles. The summed E-state index contributed by atoms with van der Waals surface area (Å²) in [4.78, 5) is 1.31. The number of hydrogen-bond acceptors (Lipinski definition) is 2. The molecule has 0 bridgehead atoms. The minimum absolute atomic E-state index is 0.349. The Morgan fingerprint density at radius 2 is 1.55 bits per heavy atom. The van der Waals surface area contributed by atoms with Gasteiger partial charge in [-0.2, -0.15) is 0 Å². The lowest BCUT2D eigenvalue weighted by Gasteiger charge is -2.21. The monoisotopic (exact) mass is 285 g/mol. The average molecular weight is 285 g/mol. The minimum Gasteiger partial charge on any atom is -0.304 e. The van der Waals surface area contributed by atoms with Gasteiger partial charge < -0.3 is 5.32 Å². The molecule has 2 heteroatoms. The molecule has 20 heavy (non-hydrogen) atoms. The molecule has 2 aromatic rings. The van der Waals surface area contributed by atoms with Crippen LogP contribution < -0.4 is 5.32 Å². The lowest BCUT2D eigenvalue weighted by molar-refractivity contribution is 0.494. The zero-order chi connectivity index (χ0) is 14.5. The molecule has 0 heterocycles. The molecule has 0 amide bonds. The third-order valence-corrected chi connectivity index (χ3v) is 4.40. The first-order chi connectivity index (χ1) is 9.60. The van der Waals surface area contributed by atoms with Gasteiger partial charge in [-0.15, -0.1) is 11.8 Å². The molecule has 2 rings (SSSR count). The van der Waals surface area contributed by atoms with Gasteiger partial charge in [0.25, 0.3) is 0 Å². The van der Waals surface area contributed by atoms with Crippen molar-refractivity contribution >= 4 is 11.8 Å². The molecule has 0 spiro atoms. The van der Waals surface area contributed by atoms with Crippen molar-refractivity contribution in [3.63, 3.8) is 0 Å². The Bertz CT molecular complexity index is 548. The van der Waals surface area contributed by atoms with E-state index in [9.17, 15) is 0 Å². The van der Waals surface area contributed by atoms with Crippen LogP contribution in [0.3, 0.4) is 0 Å². The van der Waals surface area contributed by atoms with Crippen LogP contribution in [0.1, 0.15) is 42.6 Å². The normalized spacial score (nSPS) is 14.0. The van der Waals surface area contributed by atoms with Crippen LogP contribution in [-0.4, -0.2) is 6.26 Å². The smallest absolute Gasteiger partial charge is 0.0297 e. The summed E-state index contributed by atoms with van der Waals surface area (Å²) in [6.07, 6.45) is 2.11. The van der Waals surface area contributed by atoms with Crippen LogP contribution in [0.15, 0.2) is 53.4 Å². The van der Waals surface area contributed by atoms with E-state index >= 15 is 0 Å². The van der Waals surface area contributed by atoms with Gasteiger partial charge in [-0.25, -0.2) is 0 Å². The zero-order valence-corrected chi connectivity index (χ0v) is 13.5. The Morgan fingerprint density at radius 1 is 0.900 bits per heavy atom. The van der Waals surface area contributed by atoms with Crippen LogP contribution in [0.4, 0.5) is 0 Å². The average Bonchev–Trinajstić information content (AvgIpc) is 2.47. The summed E-state index contributed by atoms with van der Waals surface area (Å²) in [6.45, 7) is 6.59. The van der Waals surface area contributed by atoms with Gasteiger partial charge in [-0.3, -0.25) is 0 Å². The van der Waals surface area contributed by atoms with Crippen molar-refractivity contribution in [2.45, 2.75) is 37.8 Å². The number of hydrogen-bond donors (Lipinski definition) is 1. The number of rotatable bonds is 5. The van der Waals surface area contributed by atoms with Crippen LogP contribution in [0.25, 0.3) is 0 Å². The molecule has 0 aliphatic rings. The maximum Gasteiger partial charge on any atom is 0.0297 e. The van der Waals surface area contributed by atoms with Gasteiger partial charge in [-0.1, -0.05) is 42.0 Å². The van der Waals surface area contributed by atoms with E-state index in [1.54, 1.807) is 11.8 Å². The Balaban J connectivity index is 2.04. The third-order valence-electron chi connectivity index (χ3n) is 3.66. The van der Waals surface area contributed by atoms with Gasteiger partial charge in [0.1, 0.15) is 0 Å². The summed E-state index contributed by atoms with van der Waals surface area (Å²) in [7, 11) is 0. The van der Waals surface area contributed by atoms with E-state index in [2.05, 4.69) is 80.9 Å². The standard InChI is InChI=1S/C18H23NS/c1-13-6-5-7-17(12-13)15(3)19-14(2)16-8-10-18(20-4)11-9-16/h5-12,14-15,19H,1-4H3/t14?,15-/m1/s1. The van der Waals surface area contributed by atoms with Crippen molar-refractivity contribution in [3.05, 3.63) is 65.2 Å². The fraction of sp³-hybridized carbons (Fsp3) is 0.333. The fourth-order valence-corrected chi connectivity index (χ4v) is 2.81. The Kier molecular flexibility index (Phi) is 5.27. The maximum atomic E-state index is 3.67. The van der Waals surface area contributed by atoms with Crippen LogP contribution in [0.2, 0.25) is 0 Å². The van der Waals surface area contributed by atoms with E-state index in [1.807, 2.05) is 0 Å². The lowest BCUT2D eigenvalue weighted by Crippen LogP contribution is -2.22. The minimum atomic E-state index is 0.349. The van der Waals surface area contributed by atoms with Crippen molar-refractivity contribution in [2.75, 3.05) is 6.26 Å². The third kappa shape index (κ3) is 3.87. The lowest BCUT2D eigenvalue weighted by atomic mass is 10.0. The molecule has 0 radical (unpaired) electrons. The summed E-state index contributed by atoms with van der Waals surface area (Å²) >= 11 is 1.78. The van der Waals surface area contributed by atoms with Gasteiger partial charge in [0.05, 0.1) is 0 Å². The molecule has 1 unspecified atom stereocenters. The first-order valence-electron chi connectivity index (χ1n) is 7.06. The van der Waals surface area contributed by atoms with Gasteiger partial charge in [0.15, 0.2) is 0 Å². The molecular weight excluding hydrogens is 262 g/mol. The number of thioether (sulfide) groups is 1. The van der Waals surface area contributed by atoms with Crippen molar-refractivity contribution in [2.24, 2.45) is 0 Å². The first-order valence-corrected chi connectivity index (χ1v) is 8.29. The zero-order valence-electron chi connectivity index (χ0n) is 12.7. The van der Waals surface area contributed by atoms with Gasteiger partial charge in [-0.05, 0) is 50.3 Å². The number of benzene rings is 2. The van der Waals surface area contributed by atoms with Gasteiger partial charge >= 0.3 is 0 Å². The van der Waals surface area contributed by atoms with Crippen LogP contribution in [0.5, 0.6) is 0 Å².